The van der Waals surface area contributed by atoms with Crippen LogP contribution in [-0.4, -0.2) is 49.9 Å². The third-order valence-corrected chi connectivity index (χ3v) is 5.96. The number of benzene rings is 1. The molecule has 1 amide bonds. The van der Waals surface area contributed by atoms with Crippen LogP contribution in [0.3, 0.4) is 0 Å². The van der Waals surface area contributed by atoms with E-state index >= 15 is 0 Å². The van der Waals surface area contributed by atoms with Crippen molar-refractivity contribution >= 4 is 21.7 Å². The molecule has 26 heavy (non-hydrogen) atoms. The van der Waals surface area contributed by atoms with Crippen molar-refractivity contribution in [2.24, 2.45) is 5.41 Å². The number of hydrogen-bond acceptors (Lipinski definition) is 5. The first-order chi connectivity index (χ1) is 11.9. The lowest BCUT2D eigenvalue weighted by molar-refractivity contribution is -0.190. The van der Waals surface area contributed by atoms with E-state index in [1.165, 1.54) is 12.1 Å². The standard InChI is InChI=1S/C18H25NO6S/c1-5-25-14-10-18(16(21)22,17(14,2)3)19-15(20)13-8-6-12(7-9-13)11-26(4,23)24/h6-9,14H,5,10-11H2,1-4H3,(H,19,20)(H,21,22). The van der Waals surface area contributed by atoms with Gasteiger partial charge in [0, 0.05) is 30.3 Å². The zero-order valence-corrected chi connectivity index (χ0v) is 16.2. The Kier molecular flexibility index (Phi) is 5.49. The van der Waals surface area contributed by atoms with E-state index < -0.39 is 32.7 Å². The van der Waals surface area contributed by atoms with Gasteiger partial charge in [0.1, 0.15) is 5.54 Å². The molecule has 0 aromatic heterocycles. The van der Waals surface area contributed by atoms with Gasteiger partial charge in [-0.15, -0.1) is 0 Å². The van der Waals surface area contributed by atoms with Crippen LogP contribution in [0.25, 0.3) is 0 Å². The maximum Gasteiger partial charge on any atom is 0.330 e. The monoisotopic (exact) mass is 383 g/mol. The number of rotatable bonds is 7. The molecule has 1 aliphatic carbocycles. The number of ether oxygens (including phenoxy) is 1. The highest BCUT2D eigenvalue weighted by molar-refractivity contribution is 7.89. The van der Waals surface area contributed by atoms with Gasteiger partial charge < -0.3 is 15.2 Å². The van der Waals surface area contributed by atoms with Crippen LogP contribution < -0.4 is 5.32 Å². The van der Waals surface area contributed by atoms with E-state index in [1.54, 1.807) is 26.0 Å². The van der Waals surface area contributed by atoms with Gasteiger partial charge in [0.25, 0.3) is 5.91 Å². The molecule has 7 nitrogen and oxygen atoms in total. The Balaban J connectivity index is 2.18. The summed E-state index contributed by atoms with van der Waals surface area (Å²) in [5.41, 5.74) is -1.33. The number of carbonyl (C=O) groups is 2. The van der Waals surface area contributed by atoms with Crippen molar-refractivity contribution in [2.45, 2.75) is 44.6 Å². The fourth-order valence-corrected chi connectivity index (χ4v) is 4.16. The highest BCUT2D eigenvalue weighted by atomic mass is 32.2. The topological polar surface area (TPSA) is 110 Å². The van der Waals surface area contributed by atoms with E-state index in [4.69, 9.17) is 4.74 Å². The molecule has 2 rings (SSSR count). The molecule has 8 heteroatoms. The highest BCUT2D eigenvalue weighted by Gasteiger charge is 2.66. The van der Waals surface area contributed by atoms with Crippen LogP contribution in [0, 0.1) is 5.41 Å². The summed E-state index contributed by atoms with van der Waals surface area (Å²) in [6.45, 7) is 5.84. The molecule has 2 atom stereocenters. The molecule has 0 aliphatic heterocycles. The molecule has 144 valence electrons. The summed E-state index contributed by atoms with van der Waals surface area (Å²) in [6, 6.07) is 6.10. The minimum atomic E-state index is -3.16. The highest BCUT2D eigenvalue weighted by Crippen LogP contribution is 2.51. The minimum absolute atomic E-state index is 0.114. The number of sulfone groups is 1. The average Bonchev–Trinajstić information content (AvgIpc) is 2.52. The second-order valence-electron chi connectivity index (χ2n) is 7.30. The first-order valence-electron chi connectivity index (χ1n) is 8.37. The zero-order chi connectivity index (χ0) is 19.8. The molecular formula is C18H25NO6S. The van der Waals surface area contributed by atoms with Gasteiger partial charge in [-0.2, -0.15) is 0 Å². The summed E-state index contributed by atoms with van der Waals surface area (Å²) in [5, 5.41) is 12.4. The van der Waals surface area contributed by atoms with Crippen LogP contribution in [0.1, 0.15) is 43.1 Å². The number of carbonyl (C=O) groups excluding carboxylic acids is 1. The molecule has 1 fully saturated rings. The van der Waals surface area contributed by atoms with Crippen LogP contribution in [0.4, 0.5) is 0 Å². The molecule has 1 aliphatic rings. The van der Waals surface area contributed by atoms with Crippen LogP contribution in [0.5, 0.6) is 0 Å². The van der Waals surface area contributed by atoms with Crippen molar-refractivity contribution in [1.82, 2.24) is 5.32 Å². The first kappa shape index (κ1) is 20.4. The second-order valence-corrected chi connectivity index (χ2v) is 9.44. The van der Waals surface area contributed by atoms with E-state index in [-0.39, 0.29) is 23.8 Å². The van der Waals surface area contributed by atoms with Crippen molar-refractivity contribution in [3.8, 4) is 0 Å². The van der Waals surface area contributed by atoms with Crippen molar-refractivity contribution in [2.75, 3.05) is 12.9 Å². The number of nitrogens with one attached hydrogen (secondary N) is 1. The summed E-state index contributed by atoms with van der Waals surface area (Å²) in [7, 11) is -3.16. The van der Waals surface area contributed by atoms with E-state index in [2.05, 4.69) is 5.32 Å². The van der Waals surface area contributed by atoms with Gasteiger partial charge in [-0.1, -0.05) is 26.0 Å². The van der Waals surface area contributed by atoms with Crippen LogP contribution >= 0.6 is 0 Å². The van der Waals surface area contributed by atoms with Gasteiger partial charge in [0.2, 0.25) is 0 Å². The Morgan fingerprint density at radius 3 is 2.27 bits per heavy atom. The van der Waals surface area contributed by atoms with Gasteiger partial charge >= 0.3 is 5.97 Å². The molecule has 1 saturated carbocycles. The predicted octanol–water partition coefficient (Wildman–Crippen LogP) is 1.62. The molecule has 0 radical (unpaired) electrons. The lowest BCUT2D eigenvalue weighted by atomic mass is 9.54. The third kappa shape index (κ3) is 3.76. The molecular weight excluding hydrogens is 358 g/mol. The van der Waals surface area contributed by atoms with Gasteiger partial charge in [0.15, 0.2) is 9.84 Å². The SMILES string of the molecule is CCOC1CC(NC(=O)c2ccc(CS(C)(=O)=O)cc2)(C(=O)O)C1(C)C. The summed E-state index contributed by atoms with van der Waals surface area (Å²) in [5.74, 6) is -1.72. The third-order valence-electron chi connectivity index (χ3n) is 5.10. The van der Waals surface area contributed by atoms with E-state index in [0.717, 1.165) is 6.26 Å². The second kappa shape index (κ2) is 7.00. The van der Waals surface area contributed by atoms with Crippen molar-refractivity contribution in [1.29, 1.82) is 0 Å². The lowest BCUT2D eigenvalue weighted by Gasteiger charge is -2.58. The van der Waals surface area contributed by atoms with Crippen LogP contribution in [-0.2, 0) is 25.1 Å². The minimum Gasteiger partial charge on any atom is -0.479 e. The zero-order valence-electron chi connectivity index (χ0n) is 15.4. The Morgan fingerprint density at radius 2 is 1.85 bits per heavy atom. The van der Waals surface area contributed by atoms with E-state index in [0.29, 0.717) is 12.2 Å². The lowest BCUT2D eigenvalue weighted by Crippen LogP contribution is -2.76. The van der Waals surface area contributed by atoms with E-state index in [9.17, 15) is 23.1 Å². The fourth-order valence-electron chi connectivity index (χ4n) is 3.36. The smallest absolute Gasteiger partial charge is 0.330 e. The summed E-state index contributed by atoms with van der Waals surface area (Å²) < 4.78 is 28.2. The largest absolute Gasteiger partial charge is 0.479 e. The molecule has 0 saturated heterocycles. The average molecular weight is 383 g/mol. The number of hydrogen-bond donors (Lipinski definition) is 2. The van der Waals surface area contributed by atoms with Crippen molar-refractivity contribution < 1.29 is 27.9 Å². The molecule has 0 bridgehead atoms. The molecule has 0 spiro atoms. The summed E-state index contributed by atoms with van der Waals surface area (Å²) >= 11 is 0. The first-order valence-corrected chi connectivity index (χ1v) is 10.4. The molecule has 1 aromatic rings. The van der Waals surface area contributed by atoms with Gasteiger partial charge in [0.05, 0.1) is 11.9 Å². The van der Waals surface area contributed by atoms with Gasteiger partial charge in [-0.25, -0.2) is 13.2 Å². The predicted molar refractivity (Wildman–Crippen MR) is 96.6 cm³/mol. The van der Waals surface area contributed by atoms with Crippen LogP contribution in [0.15, 0.2) is 24.3 Å². The Morgan fingerprint density at radius 1 is 1.27 bits per heavy atom. The Labute approximate surface area is 153 Å². The quantitative estimate of drug-likeness (QED) is 0.740. The van der Waals surface area contributed by atoms with Crippen molar-refractivity contribution in [3.63, 3.8) is 0 Å². The summed E-state index contributed by atoms with van der Waals surface area (Å²) in [6.07, 6.45) is 1.08. The Bertz CT molecular complexity index is 799. The molecule has 2 N–H and O–H groups in total. The number of carboxylic acid groups (broad SMARTS) is 1. The Hall–Kier alpha value is -1.93. The van der Waals surface area contributed by atoms with Gasteiger partial charge in [-0.05, 0) is 24.6 Å². The summed E-state index contributed by atoms with van der Waals surface area (Å²) in [4.78, 5) is 24.5. The number of amides is 1. The number of aliphatic carboxylic acids is 1. The fraction of sp³-hybridized carbons (Fsp3) is 0.556. The van der Waals surface area contributed by atoms with Crippen molar-refractivity contribution in [3.05, 3.63) is 35.4 Å². The van der Waals surface area contributed by atoms with Crippen LogP contribution in [0.2, 0.25) is 0 Å². The molecule has 0 heterocycles. The maximum atomic E-state index is 12.6. The van der Waals surface area contributed by atoms with Gasteiger partial charge in [-0.3, -0.25) is 4.79 Å². The molecule has 2 unspecified atom stereocenters. The maximum absolute atomic E-state index is 12.6. The number of carboxylic acids is 1. The molecule has 1 aromatic carbocycles. The van der Waals surface area contributed by atoms with E-state index in [1.807, 2.05) is 6.92 Å². The normalized spacial score (nSPS) is 24.5.